The number of carbonyl (C=O) groups is 6. The van der Waals surface area contributed by atoms with Crippen molar-refractivity contribution in [3.05, 3.63) is 72.3 Å². The summed E-state index contributed by atoms with van der Waals surface area (Å²) in [6, 6.07) is 16.4. The van der Waals surface area contributed by atoms with Crippen molar-refractivity contribution in [2.45, 2.75) is 25.4 Å². The average molecular weight is 531 g/mol. The van der Waals surface area contributed by atoms with Crippen LogP contribution in [-0.2, 0) is 24.0 Å². The average Bonchev–Trinajstić information content (AvgIpc) is 3.02. The van der Waals surface area contributed by atoms with Gasteiger partial charge in [0.05, 0.1) is 30.4 Å². The number of fused-ring (bicyclic) bond motifs is 2. The van der Waals surface area contributed by atoms with Crippen LogP contribution in [0.2, 0.25) is 0 Å². The first-order valence-corrected chi connectivity index (χ1v) is 12.1. The van der Waals surface area contributed by atoms with Crippen LogP contribution in [0.5, 0.6) is 0 Å². The first-order valence-electron chi connectivity index (χ1n) is 12.1. The summed E-state index contributed by atoms with van der Waals surface area (Å²) in [5.74, 6) is -3.64. The Morgan fingerprint density at radius 3 is 2.36 bits per heavy atom. The highest BCUT2D eigenvalue weighted by Crippen LogP contribution is 2.33. The summed E-state index contributed by atoms with van der Waals surface area (Å²) >= 11 is 0. The smallest absolute Gasteiger partial charge is 0.305 e. The Morgan fingerprint density at radius 1 is 1.00 bits per heavy atom. The number of para-hydroxylation sites is 2. The van der Waals surface area contributed by atoms with Gasteiger partial charge in [0.2, 0.25) is 11.8 Å². The van der Waals surface area contributed by atoms with E-state index in [9.17, 15) is 28.8 Å². The summed E-state index contributed by atoms with van der Waals surface area (Å²) in [5.41, 5.74) is 0.935. The van der Waals surface area contributed by atoms with Gasteiger partial charge in [-0.2, -0.15) is 0 Å². The van der Waals surface area contributed by atoms with Crippen LogP contribution in [0.25, 0.3) is 10.8 Å². The number of carboxylic acids is 1. The molecule has 11 heteroatoms. The number of aldehydes is 1. The minimum Gasteiger partial charge on any atom is -0.481 e. The third-order valence-corrected chi connectivity index (χ3v) is 6.32. The van der Waals surface area contributed by atoms with Crippen molar-refractivity contribution in [2.24, 2.45) is 0 Å². The second kappa shape index (κ2) is 11.5. The third-order valence-electron chi connectivity index (χ3n) is 6.32. The van der Waals surface area contributed by atoms with Gasteiger partial charge in [0.15, 0.2) is 0 Å². The van der Waals surface area contributed by atoms with Crippen molar-refractivity contribution in [3.63, 3.8) is 0 Å². The number of nitrogens with one attached hydrogen (secondary N) is 2. The predicted octanol–water partition coefficient (Wildman–Crippen LogP) is 1.50. The molecule has 1 aliphatic rings. The molecule has 0 spiro atoms. The highest BCUT2D eigenvalue weighted by Gasteiger charge is 2.37. The van der Waals surface area contributed by atoms with E-state index in [1.54, 1.807) is 48.5 Å². The molecule has 11 nitrogen and oxygen atoms in total. The number of hydrogen-bond donors (Lipinski definition) is 3. The van der Waals surface area contributed by atoms with Gasteiger partial charge in [-0.05, 0) is 29.0 Å². The van der Waals surface area contributed by atoms with Gasteiger partial charge in [0.1, 0.15) is 18.9 Å². The molecule has 3 aromatic carbocycles. The van der Waals surface area contributed by atoms with Crippen LogP contribution in [0.3, 0.4) is 0 Å². The van der Waals surface area contributed by atoms with Gasteiger partial charge in [-0.1, -0.05) is 48.5 Å². The number of carbonyl (C=O) groups excluding carboxylic acids is 5. The van der Waals surface area contributed by atoms with Gasteiger partial charge in [0, 0.05) is 12.5 Å². The van der Waals surface area contributed by atoms with Crippen LogP contribution in [0.1, 0.15) is 23.7 Å². The third kappa shape index (κ3) is 5.93. The van der Waals surface area contributed by atoms with Crippen molar-refractivity contribution >= 4 is 58.0 Å². The number of rotatable bonds is 8. The van der Waals surface area contributed by atoms with Crippen molar-refractivity contribution in [1.82, 2.24) is 10.6 Å². The molecular weight excluding hydrogens is 504 g/mol. The lowest BCUT2D eigenvalue weighted by Crippen LogP contribution is -2.54. The molecule has 200 valence electrons. The van der Waals surface area contributed by atoms with E-state index in [1.807, 2.05) is 18.2 Å². The van der Waals surface area contributed by atoms with E-state index < -0.39 is 48.7 Å². The maximum Gasteiger partial charge on any atom is 0.305 e. The number of carboxylic acid groups (broad SMARTS) is 1. The summed E-state index contributed by atoms with van der Waals surface area (Å²) in [6.45, 7) is 0.565. The zero-order chi connectivity index (χ0) is 28.1. The van der Waals surface area contributed by atoms with Crippen LogP contribution >= 0.6 is 0 Å². The number of aliphatic carboxylic acids is 1. The van der Waals surface area contributed by atoms with Gasteiger partial charge in [-0.15, -0.1) is 0 Å². The summed E-state index contributed by atoms with van der Waals surface area (Å²) < 4.78 is 0. The molecule has 0 saturated heterocycles. The van der Waals surface area contributed by atoms with E-state index in [-0.39, 0.29) is 18.1 Å². The zero-order valence-electron chi connectivity index (χ0n) is 21.0. The van der Waals surface area contributed by atoms with Gasteiger partial charge in [-0.3, -0.25) is 28.9 Å². The van der Waals surface area contributed by atoms with E-state index >= 15 is 0 Å². The maximum atomic E-state index is 13.8. The molecule has 1 heterocycles. The van der Waals surface area contributed by atoms with Crippen LogP contribution in [0.15, 0.2) is 66.7 Å². The Morgan fingerprint density at radius 2 is 1.67 bits per heavy atom. The summed E-state index contributed by atoms with van der Waals surface area (Å²) in [7, 11) is 0. The molecule has 3 aromatic rings. The molecule has 3 N–H and O–H groups in total. The number of benzene rings is 3. The lowest BCUT2D eigenvalue weighted by Gasteiger charge is -2.25. The fraction of sp³-hybridized carbons (Fsp3) is 0.214. The molecule has 4 rings (SSSR count). The van der Waals surface area contributed by atoms with Crippen LogP contribution in [0, 0.1) is 0 Å². The Labute approximate surface area is 223 Å². The van der Waals surface area contributed by atoms with Crippen LogP contribution in [0.4, 0.5) is 11.4 Å². The number of anilines is 2. The first-order chi connectivity index (χ1) is 18.7. The Bertz CT molecular complexity index is 1470. The first kappa shape index (κ1) is 27.0. The molecule has 1 aliphatic heterocycles. The normalized spacial score (nSPS) is 15.6. The molecule has 0 radical (unpaired) electrons. The molecule has 0 aliphatic carbocycles. The monoisotopic (exact) mass is 530 g/mol. The fourth-order valence-corrected chi connectivity index (χ4v) is 4.53. The predicted molar refractivity (Wildman–Crippen MR) is 142 cm³/mol. The Kier molecular flexibility index (Phi) is 7.99. The molecule has 0 saturated carbocycles. The quantitative estimate of drug-likeness (QED) is 0.373. The minimum absolute atomic E-state index is 0.185. The number of amides is 4. The van der Waals surface area contributed by atoms with E-state index in [0.29, 0.717) is 22.9 Å². The second-order valence-corrected chi connectivity index (χ2v) is 9.00. The number of nitrogens with zero attached hydrogens (tertiary/aromatic N) is 2. The van der Waals surface area contributed by atoms with Gasteiger partial charge in [-0.25, -0.2) is 0 Å². The SMILES string of the molecule is CC(=O)N1C[C@H](NC(=O)c2cccc3ccccc23)C(=O)N(CC(=O)N[C@H](C=O)CC(=O)O)c2ccccc21. The van der Waals surface area contributed by atoms with E-state index in [2.05, 4.69) is 10.6 Å². The zero-order valence-corrected chi connectivity index (χ0v) is 21.0. The largest absolute Gasteiger partial charge is 0.481 e. The molecule has 0 bridgehead atoms. The van der Waals surface area contributed by atoms with E-state index in [4.69, 9.17) is 5.11 Å². The molecule has 0 aromatic heterocycles. The van der Waals surface area contributed by atoms with Gasteiger partial charge >= 0.3 is 5.97 Å². The summed E-state index contributed by atoms with van der Waals surface area (Å²) in [4.78, 5) is 77.3. The van der Waals surface area contributed by atoms with E-state index in [0.717, 1.165) is 10.3 Å². The fourth-order valence-electron chi connectivity index (χ4n) is 4.53. The molecule has 0 unspecified atom stereocenters. The molecular formula is C28H26N4O7. The van der Waals surface area contributed by atoms with Gasteiger partial charge in [0.25, 0.3) is 11.8 Å². The molecule has 39 heavy (non-hydrogen) atoms. The standard InChI is InChI=1S/C28H26N4O7/c1-17(34)31-14-22(30-27(38)21-10-6-8-18-7-2-3-9-20(18)21)28(39)32(24-12-5-4-11-23(24)31)15-25(35)29-19(16-33)13-26(36)37/h2-12,16,19,22H,13-15H2,1H3,(H,29,35)(H,30,38)(H,36,37)/t19-,22-/m0/s1. The van der Waals surface area contributed by atoms with Crippen molar-refractivity contribution in [3.8, 4) is 0 Å². The number of hydrogen-bond acceptors (Lipinski definition) is 6. The lowest BCUT2D eigenvalue weighted by molar-refractivity contribution is -0.139. The van der Waals surface area contributed by atoms with E-state index in [1.165, 1.54) is 11.8 Å². The maximum absolute atomic E-state index is 13.8. The van der Waals surface area contributed by atoms with Gasteiger partial charge < -0.3 is 25.4 Å². The van der Waals surface area contributed by atoms with Crippen LogP contribution < -0.4 is 20.4 Å². The Hall–Kier alpha value is -5.06. The molecule has 0 fully saturated rings. The molecule has 4 amide bonds. The van der Waals surface area contributed by atoms with Crippen molar-refractivity contribution in [1.29, 1.82) is 0 Å². The lowest BCUT2D eigenvalue weighted by atomic mass is 10.0. The summed E-state index contributed by atoms with van der Waals surface area (Å²) in [5, 5.41) is 15.5. The second-order valence-electron chi connectivity index (χ2n) is 9.00. The topological polar surface area (TPSA) is 153 Å². The Balaban J connectivity index is 1.67. The summed E-state index contributed by atoms with van der Waals surface area (Å²) in [6.07, 6.45) is -0.323. The molecule has 2 atom stereocenters. The highest BCUT2D eigenvalue weighted by atomic mass is 16.4. The minimum atomic E-state index is -1.29. The van der Waals surface area contributed by atoms with Crippen molar-refractivity contribution < 1.29 is 33.9 Å². The highest BCUT2D eigenvalue weighted by molar-refractivity contribution is 6.12. The van der Waals surface area contributed by atoms with Crippen molar-refractivity contribution in [2.75, 3.05) is 22.9 Å². The van der Waals surface area contributed by atoms with Crippen LogP contribution in [-0.4, -0.2) is 66.2 Å².